The second kappa shape index (κ2) is 6.30. The Balaban J connectivity index is 2.67. The maximum Gasteiger partial charge on any atom is 0.307 e. The third kappa shape index (κ3) is 4.11. The number of likely N-dealkylation sites (N-methyl/N-ethyl adjacent to an activating group) is 1. The lowest BCUT2D eigenvalue weighted by molar-refractivity contribution is -0.141. The number of halogens is 2. The van der Waals surface area contributed by atoms with E-state index in [1.165, 1.54) is 13.2 Å². The maximum absolute atomic E-state index is 13.0. The monoisotopic (exact) mass is 243 g/mol. The Morgan fingerprint density at radius 1 is 1.41 bits per heavy atom. The Kier molecular flexibility index (Phi) is 5.03. The highest BCUT2D eigenvalue weighted by Gasteiger charge is 2.14. The largest absolute Gasteiger partial charge is 0.469 e. The van der Waals surface area contributed by atoms with E-state index in [9.17, 15) is 13.6 Å². The van der Waals surface area contributed by atoms with Crippen LogP contribution >= 0.6 is 0 Å². The van der Waals surface area contributed by atoms with Crippen molar-refractivity contribution in [3.63, 3.8) is 0 Å². The predicted octanol–water partition coefficient (Wildman–Crippen LogP) is 1.66. The number of benzene rings is 1. The summed E-state index contributed by atoms with van der Waals surface area (Å²) in [5, 5.41) is 2.93. The quantitative estimate of drug-likeness (QED) is 0.799. The van der Waals surface area contributed by atoms with E-state index in [0.717, 1.165) is 12.1 Å². The molecule has 0 bridgehead atoms. The fraction of sp³-hybridized carbons (Fsp3) is 0.417. The molecular formula is C12H15F2NO2. The summed E-state index contributed by atoms with van der Waals surface area (Å²) in [6.07, 6.45) is 0.620. The molecule has 17 heavy (non-hydrogen) atoms. The molecule has 0 heterocycles. The zero-order valence-corrected chi connectivity index (χ0v) is 9.80. The molecule has 0 aliphatic rings. The Labute approximate surface area is 98.8 Å². The van der Waals surface area contributed by atoms with E-state index in [1.54, 1.807) is 7.05 Å². The number of ether oxygens (including phenoxy) is 1. The fourth-order valence-electron chi connectivity index (χ4n) is 1.51. The van der Waals surface area contributed by atoms with Gasteiger partial charge in [-0.2, -0.15) is 0 Å². The van der Waals surface area contributed by atoms with Crippen molar-refractivity contribution in [2.45, 2.75) is 18.9 Å². The van der Waals surface area contributed by atoms with Crippen LogP contribution in [0.4, 0.5) is 8.78 Å². The van der Waals surface area contributed by atoms with E-state index in [1.807, 2.05) is 0 Å². The maximum atomic E-state index is 13.0. The van der Waals surface area contributed by atoms with Gasteiger partial charge < -0.3 is 10.1 Å². The van der Waals surface area contributed by atoms with Gasteiger partial charge in [0.05, 0.1) is 13.5 Å². The Morgan fingerprint density at radius 3 is 2.65 bits per heavy atom. The van der Waals surface area contributed by atoms with E-state index in [4.69, 9.17) is 0 Å². The van der Waals surface area contributed by atoms with Gasteiger partial charge >= 0.3 is 5.97 Å². The van der Waals surface area contributed by atoms with Gasteiger partial charge in [-0.3, -0.25) is 4.79 Å². The van der Waals surface area contributed by atoms with Gasteiger partial charge in [0.1, 0.15) is 0 Å². The van der Waals surface area contributed by atoms with Crippen LogP contribution < -0.4 is 5.32 Å². The number of carbonyl (C=O) groups excluding carboxylic acids is 1. The number of hydrogen-bond acceptors (Lipinski definition) is 3. The third-order valence-electron chi connectivity index (χ3n) is 2.52. The van der Waals surface area contributed by atoms with Crippen LogP contribution in [0.3, 0.4) is 0 Å². The lowest BCUT2D eigenvalue weighted by Crippen LogP contribution is -2.30. The molecule has 0 saturated heterocycles. The van der Waals surface area contributed by atoms with Gasteiger partial charge in [-0.15, -0.1) is 0 Å². The van der Waals surface area contributed by atoms with Crippen LogP contribution in [-0.4, -0.2) is 26.2 Å². The van der Waals surface area contributed by atoms with Crippen molar-refractivity contribution < 1.29 is 18.3 Å². The molecule has 1 aromatic carbocycles. The SMILES string of the molecule is CNC(CC(=O)OC)Cc1ccc(F)c(F)c1. The minimum absolute atomic E-state index is 0.160. The standard InChI is InChI=1S/C12H15F2NO2/c1-15-9(7-12(16)17-2)5-8-3-4-10(13)11(14)6-8/h3-4,6,9,15H,5,7H2,1-2H3. The molecule has 1 rings (SSSR count). The zero-order chi connectivity index (χ0) is 12.8. The van der Waals surface area contributed by atoms with E-state index >= 15 is 0 Å². The molecule has 1 aromatic rings. The van der Waals surface area contributed by atoms with Gasteiger partial charge in [-0.25, -0.2) is 8.78 Å². The van der Waals surface area contributed by atoms with Gasteiger partial charge in [0, 0.05) is 6.04 Å². The minimum atomic E-state index is -0.879. The number of methoxy groups -OCH3 is 1. The van der Waals surface area contributed by atoms with Crippen molar-refractivity contribution in [2.24, 2.45) is 0 Å². The molecule has 0 amide bonds. The highest BCUT2D eigenvalue weighted by molar-refractivity contribution is 5.69. The van der Waals surface area contributed by atoms with E-state index in [-0.39, 0.29) is 18.4 Å². The molecule has 0 aliphatic carbocycles. The highest BCUT2D eigenvalue weighted by Crippen LogP contribution is 2.11. The molecule has 1 atom stereocenters. The average molecular weight is 243 g/mol. The van der Waals surface area contributed by atoms with Crippen molar-refractivity contribution in [3.05, 3.63) is 35.4 Å². The first-order chi connectivity index (χ1) is 8.06. The van der Waals surface area contributed by atoms with Crippen molar-refractivity contribution in [1.82, 2.24) is 5.32 Å². The third-order valence-corrected chi connectivity index (χ3v) is 2.52. The Bertz CT molecular complexity index is 396. The number of hydrogen-bond donors (Lipinski definition) is 1. The number of carbonyl (C=O) groups is 1. The van der Waals surface area contributed by atoms with Crippen LogP contribution in [0.2, 0.25) is 0 Å². The molecule has 3 nitrogen and oxygen atoms in total. The van der Waals surface area contributed by atoms with Gasteiger partial charge in [-0.1, -0.05) is 6.07 Å². The molecule has 0 fully saturated rings. The molecule has 0 aliphatic heterocycles. The van der Waals surface area contributed by atoms with Crippen LogP contribution in [0.1, 0.15) is 12.0 Å². The van der Waals surface area contributed by atoms with Crippen LogP contribution in [0.5, 0.6) is 0 Å². The summed E-state index contributed by atoms with van der Waals surface area (Å²) in [5.41, 5.74) is 0.632. The Morgan fingerprint density at radius 2 is 2.12 bits per heavy atom. The summed E-state index contributed by atoms with van der Waals surface area (Å²) in [4.78, 5) is 11.1. The summed E-state index contributed by atoms with van der Waals surface area (Å²) < 4.78 is 30.2. The fourth-order valence-corrected chi connectivity index (χ4v) is 1.51. The number of rotatable bonds is 5. The molecule has 94 valence electrons. The number of esters is 1. The minimum Gasteiger partial charge on any atom is -0.469 e. The van der Waals surface area contributed by atoms with Crippen LogP contribution in [0.25, 0.3) is 0 Å². The molecule has 0 aromatic heterocycles. The number of nitrogens with one attached hydrogen (secondary N) is 1. The van der Waals surface area contributed by atoms with Crippen molar-refractivity contribution in [3.8, 4) is 0 Å². The predicted molar refractivity (Wildman–Crippen MR) is 59.5 cm³/mol. The first-order valence-corrected chi connectivity index (χ1v) is 5.24. The van der Waals surface area contributed by atoms with Crippen LogP contribution in [0, 0.1) is 11.6 Å². The average Bonchev–Trinajstić information content (AvgIpc) is 2.32. The van der Waals surface area contributed by atoms with Crippen molar-refractivity contribution >= 4 is 5.97 Å². The summed E-state index contributed by atoms with van der Waals surface area (Å²) >= 11 is 0. The molecule has 0 spiro atoms. The van der Waals surface area contributed by atoms with Gasteiger partial charge in [0.15, 0.2) is 11.6 Å². The molecule has 1 N–H and O–H groups in total. The topological polar surface area (TPSA) is 38.3 Å². The van der Waals surface area contributed by atoms with E-state index in [2.05, 4.69) is 10.1 Å². The summed E-state index contributed by atoms with van der Waals surface area (Å²) in [6, 6.07) is 3.55. The first kappa shape index (κ1) is 13.6. The van der Waals surface area contributed by atoms with Crippen molar-refractivity contribution in [1.29, 1.82) is 0 Å². The van der Waals surface area contributed by atoms with Gasteiger partial charge in [-0.05, 0) is 31.2 Å². The van der Waals surface area contributed by atoms with E-state index in [0.29, 0.717) is 12.0 Å². The molecule has 0 saturated carbocycles. The lowest BCUT2D eigenvalue weighted by Gasteiger charge is -2.14. The van der Waals surface area contributed by atoms with E-state index < -0.39 is 11.6 Å². The van der Waals surface area contributed by atoms with Crippen LogP contribution in [-0.2, 0) is 16.0 Å². The van der Waals surface area contributed by atoms with Gasteiger partial charge in [0.2, 0.25) is 0 Å². The summed E-state index contributed by atoms with van der Waals surface area (Å²) in [5.74, 6) is -2.09. The first-order valence-electron chi connectivity index (χ1n) is 5.24. The molecule has 1 unspecified atom stereocenters. The second-order valence-corrected chi connectivity index (χ2v) is 3.72. The van der Waals surface area contributed by atoms with Crippen LogP contribution in [0.15, 0.2) is 18.2 Å². The normalized spacial score (nSPS) is 12.2. The van der Waals surface area contributed by atoms with Crippen molar-refractivity contribution in [2.75, 3.05) is 14.2 Å². The molecule has 5 heteroatoms. The summed E-state index contributed by atoms with van der Waals surface area (Å²) in [6.45, 7) is 0. The van der Waals surface area contributed by atoms with Gasteiger partial charge in [0.25, 0.3) is 0 Å². The summed E-state index contributed by atoms with van der Waals surface area (Å²) in [7, 11) is 3.01. The smallest absolute Gasteiger partial charge is 0.307 e. The Hall–Kier alpha value is -1.49. The molecule has 0 radical (unpaired) electrons. The lowest BCUT2D eigenvalue weighted by atomic mass is 10.0. The zero-order valence-electron chi connectivity index (χ0n) is 9.80. The second-order valence-electron chi connectivity index (χ2n) is 3.72. The molecular weight excluding hydrogens is 228 g/mol. The highest BCUT2D eigenvalue weighted by atomic mass is 19.2.